The quantitative estimate of drug-likeness (QED) is 0.142. The summed E-state index contributed by atoms with van der Waals surface area (Å²) in [4.78, 5) is 4.98. The first kappa shape index (κ1) is 50.2. The van der Waals surface area contributed by atoms with Crippen LogP contribution in [0, 0.1) is 0 Å². The first-order valence-electron chi connectivity index (χ1n) is 30.9. The van der Waals surface area contributed by atoms with Crippen LogP contribution in [0.5, 0.6) is 0 Å². The monoisotopic (exact) mass is 1140 g/mol. The third-order valence-corrected chi connectivity index (χ3v) is 18.9. The predicted octanol–water partition coefficient (Wildman–Crippen LogP) is 25.0. The minimum absolute atomic E-state index is 0.834. The number of para-hydroxylation sites is 1. The van der Waals surface area contributed by atoms with Crippen LogP contribution in [0.4, 0.5) is 34.1 Å². The highest BCUT2D eigenvalue weighted by Crippen LogP contribution is 2.56. The maximum atomic E-state index is 7.35. The topological polar surface area (TPSA) is 32.8 Å². The first-order valence-corrected chi connectivity index (χ1v) is 30.9. The summed E-state index contributed by atoms with van der Waals surface area (Å²) in [6.07, 6.45) is 0. The summed E-state index contributed by atoms with van der Waals surface area (Å²) in [5.74, 6) is 0. The molecule has 0 amide bonds. The fourth-order valence-electron chi connectivity index (χ4n) is 15.1. The molecule has 19 rings (SSSR count). The fourth-order valence-corrected chi connectivity index (χ4v) is 15.1. The second-order valence-corrected chi connectivity index (χ2v) is 23.7. The van der Waals surface area contributed by atoms with Gasteiger partial charge >= 0.3 is 0 Å². The molecule has 0 unspecified atom stereocenters. The number of furan rings is 2. The molecule has 0 fully saturated rings. The van der Waals surface area contributed by atoms with Gasteiger partial charge in [0.05, 0.1) is 22.7 Å². The zero-order valence-electron chi connectivity index (χ0n) is 48.7. The Morgan fingerprint density at radius 3 is 1.11 bits per heavy atom. The normalized spacial score (nSPS) is 12.0. The van der Waals surface area contributed by atoms with Gasteiger partial charge in [0.2, 0.25) is 0 Å². The number of benzene rings is 17. The van der Waals surface area contributed by atoms with E-state index in [-0.39, 0.29) is 0 Å². The van der Waals surface area contributed by atoms with Gasteiger partial charge in [-0.2, -0.15) is 0 Å². The van der Waals surface area contributed by atoms with Crippen LogP contribution in [0.2, 0.25) is 0 Å². The van der Waals surface area contributed by atoms with Gasteiger partial charge < -0.3 is 18.6 Å². The molecule has 2 aromatic heterocycles. The molecule has 0 saturated heterocycles. The van der Waals surface area contributed by atoms with Gasteiger partial charge in [-0.25, -0.2) is 0 Å². The van der Waals surface area contributed by atoms with Gasteiger partial charge in [-0.3, -0.25) is 0 Å². The van der Waals surface area contributed by atoms with Crippen LogP contribution in [0.25, 0.3) is 152 Å². The van der Waals surface area contributed by atoms with E-state index in [2.05, 4.69) is 325 Å². The molecule has 0 aliphatic heterocycles. The summed E-state index contributed by atoms with van der Waals surface area (Å²) in [5.41, 5.74) is 14.3. The van der Waals surface area contributed by atoms with Crippen molar-refractivity contribution < 1.29 is 8.83 Å². The van der Waals surface area contributed by atoms with Crippen LogP contribution in [-0.2, 0) is 0 Å². The Labute approximate surface area is 517 Å². The van der Waals surface area contributed by atoms with Crippen molar-refractivity contribution in [2.24, 2.45) is 0 Å². The molecule has 4 heteroatoms. The molecular formula is C86H52N2O2. The van der Waals surface area contributed by atoms with Gasteiger partial charge in [-0.15, -0.1) is 0 Å². The van der Waals surface area contributed by atoms with Gasteiger partial charge in [0.25, 0.3) is 0 Å². The molecule has 418 valence electrons. The average molecular weight is 1150 g/mol. The van der Waals surface area contributed by atoms with E-state index in [0.717, 1.165) is 148 Å². The van der Waals surface area contributed by atoms with Gasteiger partial charge in [0.1, 0.15) is 16.7 Å². The molecule has 17 aromatic carbocycles. The summed E-state index contributed by atoms with van der Waals surface area (Å²) in [5, 5.41) is 22.8. The van der Waals surface area contributed by atoms with Gasteiger partial charge in [0, 0.05) is 65.9 Å². The van der Waals surface area contributed by atoms with Crippen LogP contribution in [0.1, 0.15) is 0 Å². The highest BCUT2D eigenvalue weighted by molar-refractivity contribution is 6.34. The second kappa shape index (κ2) is 19.8. The Morgan fingerprint density at radius 1 is 0.211 bits per heavy atom. The zero-order valence-corrected chi connectivity index (χ0v) is 48.7. The summed E-state index contributed by atoms with van der Waals surface area (Å²) >= 11 is 0. The summed E-state index contributed by atoms with van der Waals surface area (Å²) in [6, 6.07) is 115. The van der Waals surface area contributed by atoms with E-state index in [9.17, 15) is 0 Å². The van der Waals surface area contributed by atoms with E-state index in [1.807, 2.05) is 0 Å². The van der Waals surface area contributed by atoms with Crippen molar-refractivity contribution in [1.82, 2.24) is 0 Å². The molecule has 0 atom stereocenters. The lowest BCUT2D eigenvalue weighted by molar-refractivity contribution is 0.669. The van der Waals surface area contributed by atoms with E-state index in [0.29, 0.717) is 0 Å². The molecule has 19 aromatic rings. The maximum absolute atomic E-state index is 7.35. The summed E-state index contributed by atoms with van der Waals surface area (Å²) in [6.45, 7) is 0. The maximum Gasteiger partial charge on any atom is 0.160 e. The van der Waals surface area contributed by atoms with Crippen LogP contribution in [0.3, 0.4) is 0 Å². The first-order chi connectivity index (χ1) is 44.7. The average Bonchev–Trinajstić information content (AvgIpc) is 1.03. The van der Waals surface area contributed by atoms with Crippen LogP contribution < -0.4 is 9.80 Å². The van der Waals surface area contributed by atoms with Crippen molar-refractivity contribution in [3.05, 3.63) is 315 Å². The van der Waals surface area contributed by atoms with Crippen LogP contribution in [-0.4, -0.2) is 0 Å². The smallest absolute Gasteiger partial charge is 0.160 e. The SMILES string of the molecule is c1ccc(-c2ccc(N(c3c4ccccc4c(-c4c5ccccc5c(N(c5ccccc5)c5cc6oc7ccc8ccccc8c7c6c6ccccc56)c5ccccc45)c4ccccc34)c3cc4ccccc4c4c3oc3ccc5ccccc5c34)cc2)cc1. The number of fused-ring (bicyclic) bond motifs is 18. The Kier molecular flexibility index (Phi) is 11.0. The lowest BCUT2D eigenvalue weighted by Crippen LogP contribution is -2.13. The van der Waals surface area contributed by atoms with Gasteiger partial charge in [0.15, 0.2) is 5.58 Å². The molecule has 0 bridgehead atoms. The van der Waals surface area contributed by atoms with Crippen LogP contribution >= 0.6 is 0 Å². The molecule has 0 N–H and O–H groups in total. The van der Waals surface area contributed by atoms with E-state index < -0.39 is 0 Å². The molecule has 4 nitrogen and oxygen atoms in total. The van der Waals surface area contributed by atoms with Crippen molar-refractivity contribution in [1.29, 1.82) is 0 Å². The summed E-state index contributed by atoms with van der Waals surface area (Å²) in [7, 11) is 0. The Balaban J connectivity index is 0.907. The van der Waals surface area contributed by atoms with Gasteiger partial charge in [-0.05, 0) is 124 Å². The third-order valence-electron chi connectivity index (χ3n) is 18.9. The minimum Gasteiger partial charge on any atom is -0.456 e. The molecule has 90 heavy (non-hydrogen) atoms. The highest BCUT2D eigenvalue weighted by atomic mass is 16.3. The molecular weight excluding hydrogens is 1090 g/mol. The lowest BCUT2D eigenvalue weighted by atomic mass is 9.84. The number of nitrogens with zero attached hydrogens (tertiary/aromatic N) is 2. The van der Waals surface area contributed by atoms with Crippen molar-refractivity contribution in [2.45, 2.75) is 0 Å². The van der Waals surface area contributed by atoms with E-state index >= 15 is 0 Å². The van der Waals surface area contributed by atoms with E-state index in [4.69, 9.17) is 8.83 Å². The number of anilines is 6. The Hall–Kier alpha value is -12.0. The van der Waals surface area contributed by atoms with Crippen molar-refractivity contribution >= 4 is 164 Å². The largest absolute Gasteiger partial charge is 0.456 e. The molecule has 0 aliphatic carbocycles. The van der Waals surface area contributed by atoms with Crippen molar-refractivity contribution in [3.8, 4) is 22.3 Å². The molecule has 2 heterocycles. The van der Waals surface area contributed by atoms with E-state index in [1.54, 1.807) is 0 Å². The molecule has 0 saturated carbocycles. The lowest BCUT2D eigenvalue weighted by Gasteiger charge is -2.32. The molecule has 0 aliphatic rings. The number of hydrogen-bond donors (Lipinski definition) is 0. The Bertz CT molecular complexity index is 6050. The van der Waals surface area contributed by atoms with E-state index in [1.165, 1.54) is 38.2 Å². The van der Waals surface area contributed by atoms with Crippen molar-refractivity contribution in [2.75, 3.05) is 9.80 Å². The second-order valence-electron chi connectivity index (χ2n) is 23.7. The Morgan fingerprint density at radius 2 is 0.578 bits per heavy atom. The minimum atomic E-state index is 0.834. The van der Waals surface area contributed by atoms with Crippen LogP contribution in [0.15, 0.2) is 324 Å². The third kappa shape index (κ3) is 7.43. The summed E-state index contributed by atoms with van der Waals surface area (Å²) < 4.78 is 14.4. The fraction of sp³-hybridized carbons (Fsp3) is 0. The standard InChI is InChI=1S/C86H52N2O2/c1-3-23-53(24-4-1)54-43-47-59(48-44-54)88(74-51-57-27-9-12-32-62(57)83-81-61-31-11-8-26-56(61)46-50-76(81)90-86(74)83)85-71-41-21-17-37-67(71)79(68-38-18-22-42-72(68)85)78-65-35-15-19-39-69(65)84(70-40-20-16-36-66(70)78)87(58-28-5-2-6-29-58)73-52-77-82(64-34-14-13-33-63(64)73)80-60-30-10-7-25-55(60)45-49-75(80)89-77/h1-52H. The number of rotatable bonds is 8. The van der Waals surface area contributed by atoms with Gasteiger partial charge in [-0.1, -0.05) is 267 Å². The predicted molar refractivity (Wildman–Crippen MR) is 381 cm³/mol. The highest BCUT2D eigenvalue weighted by Gasteiger charge is 2.31. The zero-order chi connectivity index (χ0) is 59.0. The molecule has 0 radical (unpaired) electrons. The molecule has 0 spiro atoms. The van der Waals surface area contributed by atoms with Crippen molar-refractivity contribution in [3.63, 3.8) is 0 Å². The number of hydrogen-bond acceptors (Lipinski definition) is 4.